The first-order valence-corrected chi connectivity index (χ1v) is 6.11. The van der Waals surface area contributed by atoms with Gasteiger partial charge in [0, 0.05) is 19.6 Å². The third-order valence-electron chi connectivity index (χ3n) is 3.08. The van der Waals surface area contributed by atoms with E-state index in [1.165, 1.54) is 33.5 Å². The molecule has 0 aromatic heterocycles. The maximum atomic E-state index is 11.5. The van der Waals surface area contributed by atoms with Crippen LogP contribution in [-0.2, 0) is 33.3 Å². The molecule has 0 fully saturated rings. The molecule has 0 spiro atoms. The zero-order valence-corrected chi connectivity index (χ0v) is 11.7. The van der Waals surface area contributed by atoms with Crippen molar-refractivity contribution in [2.24, 2.45) is 5.92 Å². The molecule has 0 aromatic rings. The minimum absolute atomic E-state index is 0.218. The van der Waals surface area contributed by atoms with Gasteiger partial charge in [-0.15, -0.1) is 0 Å². The Labute approximate surface area is 116 Å². The Hall–Kier alpha value is -1.89. The number of carbonyl (C=O) groups excluding carboxylic acids is 3. The van der Waals surface area contributed by atoms with Crippen molar-refractivity contribution in [2.75, 3.05) is 21.3 Å². The molecule has 20 heavy (non-hydrogen) atoms. The summed E-state index contributed by atoms with van der Waals surface area (Å²) < 4.78 is 19.3. The molecule has 0 saturated heterocycles. The lowest BCUT2D eigenvalue weighted by Gasteiger charge is -2.25. The van der Waals surface area contributed by atoms with Gasteiger partial charge in [0.2, 0.25) is 5.79 Å². The zero-order chi connectivity index (χ0) is 15.2. The van der Waals surface area contributed by atoms with Crippen LogP contribution in [0, 0.1) is 5.92 Å². The minimum Gasteiger partial charge on any atom is -0.468 e. The van der Waals surface area contributed by atoms with Gasteiger partial charge in [-0.25, -0.2) is 4.79 Å². The van der Waals surface area contributed by atoms with Crippen LogP contribution in [0.1, 0.15) is 19.3 Å². The molecule has 0 aliphatic carbocycles. The Balaban J connectivity index is 2.56. The van der Waals surface area contributed by atoms with Crippen LogP contribution in [-0.4, -0.2) is 45.0 Å². The van der Waals surface area contributed by atoms with Crippen LogP contribution < -0.4 is 0 Å². The zero-order valence-electron chi connectivity index (χ0n) is 11.7. The van der Waals surface area contributed by atoms with Crippen molar-refractivity contribution in [1.82, 2.24) is 0 Å². The minimum atomic E-state index is -1.12. The van der Waals surface area contributed by atoms with E-state index in [-0.39, 0.29) is 6.42 Å². The van der Waals surface area contributed by atoms with E-state index in [1.54, 1.807) is 0 Å². The number of rotatable bonds is 7. The Morgan fingerprint density at radius 2 is 1.85 bits per heavy atom. The third kappa shape index (κ3) is 3.80. The van der Waals surface area contributed by atoms with Crippen LogP contribution in [0.3, 0.4) is 0 Å². The van der Waals surface area contributed by atoms with E-state index in [0.717, 1.165) is 0 Å². The summed E-state index contributed by atoms with van der Waals surface area (Å²) in [5.74, 6) is -3.89. The molecular weight excluding hydrogens is 268 g/mol. The van der Waals surface area contributed by atoms with Gasteiger partial charge in [0.1, 0.15) is 0 Å². The van der Waals surface area contributed by atoms with Crippen LogP contribution in [0.25, 0.3) is 0 Å². The molecule has 1 aliphatic heterocycles. The normalized spacial score (nSPS) is 20.9. The second-order valence-electron chi connectivity index (χ2n) is 4.26. The van der Waals surface area contributed by atoms with Crippen molar-refractivity contribution < 1.29 is 33.3 Å². The van der Waals surface area contributed by atoms with Gasteiger partial charge in [0.25, 0.3) is 0 Å². The van der Waals surface area contributed by atoms with E-state index < -0.39 is 29.6 Å². The largest absolute Gasteiger partial charge is 0.468 e. The second kappa shape index (κ2) is 7.04. The van der Waals surface area contributed by atoms with Crippen molar-refractivity contribution in [3.63, 3.8) is 0 Å². The maximum absolute atomic E-state index is 11.5. The van der Waals surface area contributed by atoms with Crippen LogP contribution in [0.15, 0.2) is 12.2 Å². The van der Waals surface area contributed by atoms with Gasteiger partial charge >= 0.3 is 17.9 Å². The molecule has 1 rings (SSSR count). The Morgan fingerprint density at radius 1 is 1.25 bits per heavy atom. The molecule has 0 radical (unpaired) electrons. The quantitative estimate of drug-likeness (QED) is 0.384. The highest BCUT2D eigenvalue weighted by Gasteiger charge is 2.36. The van der Waals surface area contributed by atoms with Crippen LogP contribution in [0.4, 0.5) is 0 Å². The summed E-state index contributed by atoms with van der Waals surface area (Å²) >= 11 is 0. The molecule has 1 heterocycles. The Morgan fingerprint density at radius 3 is 2.25 bits per heavy atom. The molecule has 0 aromatic carbocycles. The predicted molar refractivity (Wildman–Crippen MR) is 66.3 cm³/mol. The fourth-order valence-electron chi connectivity index (χ4n) is 1.95. The number of carbonyl (C=O) groups is 3. The number of ether oxygens (including phenoxy) is 4. The van der Waals surface area contributed by atoms with Crippen molar-refractivity contribution in [3.05, 3.63) is 12.2 Å². The average Bonchev–Trinajstić information content (AvgIpc) is 2.84. The molecule has 0 saturated carbocycles. The Kier molecular flexibility index (Phi) is 5.69. The van der Waals surface area contributed by atoms with Crippen LogP contribution in [0.5, 0.6) is 0 Å². The predicted octanol–water partition coefficient (Wildman–Crippen LogP) is 0.575. The lowest BCUT2D eigenvalue weighted by Crippen LogP contribution is -2.32. The van der Waals surface area contributed by atoms with Crippen molar-refractivity contribution >= 4 is 17.9 Å². The molecule has 1 aliphatic rings. The van der Waals surface area contributed by atoms with Crippen LogP contribution >= 0.6 is 0 Å². The first-order valence-electron chi connectivity index (χ1n) is 6.11. The van der Waals surface area contributed by atoms with E-state index in [4.69, 9.17) is 9.47 Å². The average molecular weight is 286 g/mol. The summed E-state index contributed by atoms with van der Waals surface area (Å²) in [6.45, 7) is 0. The molecule has 0 N–H and O–H groups in total. The van der Waals surface area contributed by atoms with E-state index in [2.05, 4.69) is 9.47 Å². The van der Waals surface area contributed by atoms with Gasteiger partial charge in [-0.3, -0.25) is 9.59 Å². The van der Waals surface area contributed by atoms with E-state index in [1.807, 2.05) is 0 Å². The second-order valence-corrected chi connectivity index (χ2v) is 4.26. The summed E-state index contributed by atoms with van der Waals surface area (Å²) in [6.07, 6.45) is 3.76. The molecule has 0 amide bonds. The monoisotopic (exact) mass is 286 g/mol. The number of esters is 3. The Bertz CT molecular complexity index is 399. The van der Waals surface area contributed by atoms with Gasteiger partial charge < -0.3 is 18.9 Å². The number of hydrogen-bond acceptors (Lipinski definition) is 7. The highest BCUT2D eigenvalue weighted by molar-refractivity contribution is 5.94. The summed E-state index contributed by atoms with van der Waals surface area (Å²) in [4.78, 5) is 34.1. The number of methoxy groups -OCH3 is 3. The van der Waals surface area contributed by atoms with E-state index in [0.29, 0.717) is 12.8 Å². The third-order valence-corrected chi connectivity index (χ3v) is 3.08. The fraction of sp³-hybridized carbons (Fsp3) is 0.615. The van der Waals surface area contributed by atoms with Crippen molar-refractivity contribution in [3.8, 4) is 0 Å². The summed E-state index contributed by atoms with van der Waals surface area (Å²) in [6, 6.07) is 0. The molecule has 0 bridgehead atoms. The lowest BCUT2D eigenvalue weighted by molar-refractivity contribution is -0.191. The number of cyclic esters (lactones) is 1. The van der Waals surface area contributed by atoms with Crippen molar-refractivity contribution in [2.45, 2.75) is 25.0 Å². The van der Waals surface area contributed by atoms with Gasteiger partial charge in [-0.05, 0) is 18.9 Å². The molecule has 7 heteroatoms. The standard InChI is InChI=1S/C13H18O7/c1-17-11(15)9(12(16)18-2)5-4-7-13(19-3)8-6-10(14)20-13/h6,8-9H,4-5,7H2,1-3H3. The molecule has 1 atom stereocenters. The highest BCUT2D eigenvalue weighted by atomic mass is 16.7. The lowest BCUT2D eigenvalue weighted by atomic mass is 9.99. The molecule has 7 nitrogen and oxygen atoms in total. The van der Waals surface area contributed by atoms with Crippen molar-refractivity contribution in [1.29, 1.82) is 0 Å². The number of hydrogen-bond donors (Lipinski definition) is 0. The van der Waals surface area contributed by atoms with E-state index in [9.17, 15) is 14.4 Å². The summed E-state index contributed by atoms with van der Waals surface area (Å²) in [5.41, 5.74) is 0. The van der Waals surface area contributed by atoms with Gasteiger partial charge in [-0.1, -0.05) is 0 Å². The first-order chi connectivity index (χ1) is 9.48. The van der Waals surface area contributed by atoms with Gasteiger partial charge in [0.05, 0.1) is 14.2 Å². The fourth-order valence-corrected chi connectivity index (χ4v) is 1.95. The molecule has 112 valence electrons. The first kappa shape index (κ1) is 16.2. The molecular formula is C13H18O7. The maximum Gasteiger partial charge on any atom is 0.333 e. The summed E-state index contributed by atoms with van der Waals surface area (Å²) in [7, 11) is 3.83. The van der Waals surface area contributed by atoms with Gasteiger partial charge in [-0.2, -0.15) is 0 Å². The topological polar surface area (TPSA) is 88.1 Å². The summed E-state index contributed by atoms with van der Waals surface area (Å²) in [5, 5.41) is 0. The van der Waals surface area contributed by atoms with E-state index >= 15 is 0 Å². The highest BCUT2D eigenvalue weighted by Crippen LogP contribution is 2.28. The smallest absolute Gasteiger partial charge is 0.333 e. The SMILES string of the molecule is COC(=O)C(CCCC1(OC)C=CC(=O)O1)C(=O)OC. The van der Waals surface area contributed by atoms with Gasteiger partial charge in [0.15, 0.2) is 5.92 Å². The molecule has 1 unspecified atom stereocenters. The van der Waals surface area contributed by atoms with Crippen LogP contribution in [0.2, 0.25) is 0 Å².